The molecular weight excluding hydrogens is 363 g/mol. The van der Waals surface area contributed by atoms with Gasteiger partial charge in [-0.25, -0.2) is 9.37 Å². The third kappa shape index (κ3) is 4.78. The van der Waals surface area contributed by atoms with Gasteiger partial charge in [-0.15, -0.1) is 0 Å². The topological polar surface area (TPSA) is 50.5 Å². The van der Waals surface area contributed by atoms with Crippen molar-refractivity contribution in [3.63, 3.8) is 0 Å². The monoisotopic (exact) mass is 388 g/mol. The van der Waals surface area contributed by atoms with E-state index in [4.69, 9.17) is 0 Å². The first-order chi connectivity index (χ1) is 12.8. The zero-order chi connectivity index (χ0) is 19.6. The van der Waals surface area contributed by atoms with E-state index in [1.54, 1.807) is 18.2 Å². The van der Waals surface area contributed by atoms with Crippen LogP contribution in [-0.4, -0.2) is 26.0 Å². The van der Waals surface area contributed by atoms with Gasteiger partial charge in [0.2, 0.25) is 4.96 Å². The molecular formula is C20H25FN4OS. The highest BCUT2D eigenvalue weighted by Crippen LogP contribution is 2.26. The largest absolute Gasteiger partial charge is 0.293 e. The lowest BCUT2D eigenvalue weighted by Crippen LogP contribution is -2.26. The lowest BCUT2D eigenvalue weighted by Gasteiger charge is -2.21. The van der Waals surface area contributed by atoms with Crippen LogP contribution in [0.4, 0.5) is 4.39 Å². The molecule has 0 saturated heterocycles. The third-order valence-electron chi connectivity index (χ3n) is 4.18. The van der Waals surface area contributed by atoms with E-state index in [-0.39, 0.29) is 16.8 Å². The van der Waals surface area contributed by atoms with Gasteiger partial charge >= 0.3 is 0 Å². The molecule has 0 amide bonds. The molecule has 0 unspecified atom stereocenters. The van der Waals surface area contributed by atoms with Crippen LogP contribution in [0.1, 0.15) is 50.4 Å². The molecule has 0 atom stereocenters. The molecule has 0 aliphatic rings. The van der Waals surface area contributed by atoms with Crippen molar-refractivity contribution in [2.45, 2.75) is 52.6 Å². The molecule has 0 aliphatic carbocycles. The Labute approximate surface area is 162 Å². The second kappa shape index (κ2) is 7.86. The minimum absolute atomic E-state index is 0.123. The van der Waals surface area contributed by atoms with Crippen molar-refractivity contribution in [3.8, 4) is 0 Å². The molecule has 2 aromatic heterocycles. The third-order valence-corrected chi connectivity index (χ3v) is 5.52. The molecule has 1 aromatic carbocycles. The van der Waals surface area contributed by atoms with Crippen molar-refractivity contribution in [1.29, 1.82) is 0 Å². The summed E-state index contributed by atoms with van der Waals surface area (Å²) in [5.74, 6) is -0.235. The molecule has 3 aromatic rings. The fourth-order valence-electron chi connectivity index (χ4n) is 2.85. The first-order valence-corrected chi connectivity index (χ1v) is 9.95. The maximum atomic E-state index is 13.1. The average molecular weight is 389 g/mol. The summed E-state index contributed by atoms with van der Waals surface area (Å²) in [5, 5.41) is 5.32. The van der Waals surface area contributed by atoms with Crippen molar-refractivity contribution >= 4 is 16.3 Å². The van der Waals surface area contributed by atoms with Crippen molar-refractivity contribution in [2.24, 2.45) is 0 Å². The average Bonchev–Trinajstić information content (AvgIpc) is 3.02. The molecule has 0 spiro atoms. The number of halogens is 1. The number of rotatable bonds is 6. The Morgan fingerprint density at radius 1 is 1.19 bits per heavy atom. The number of hydrogen-bond acceptors (Lipinski definition) is 5. The second-order valence-electron chi connectivity index (χ2n) is 7.77. The van der Waals surface area contributed by atoms with E-state index in [1.165, 1.54) is 28.0 Å². The van der Waals surface area contributed by atoms with Gasteiger partial charge < -0.3 is 0 Å². The number of benzene rings is 1. The molecule has 7 heteroatoms. The fraction of sp³-hybridized carbons (Fsp3) is 0.450. The van der Waals surface area contributed by atoms with Crippen LogP contribution in [0.15, 0.2) is 35.1 Å². The second-order valence-corrected chi connectivity index (χ2v) is 8.73. The molecule has 3 rings (SSSR count). The van der Waals surface area contributed by atoms with Crippen molar-refractivity contribution in [1.82, 2.24) is 19.5 Å². The van der Waals surface area contributed by atoms with Gasteiger partial charge in [0, 0.05) is 24.6 Å². The van der Waals surface area contributed by atoms with Gasteiger partial charge in [-0.1, -0.05) is 51.2 Å². The van der Waals surface area contributed by atoms with Gasteiger partial charge in [-0.2, -0.15) is 9.61 Å². The Balaban J connectivity index is 1.86. The molecule has 0 aliphatic heterocycles. The first-order valence-electron chi connectivity index (χ1n) is 9.13. The van der Waals surface area contributed by atoms with E-state index in [9.17, 15) is 9.18 Å². The van der Waals surface area contributed by atoms with E-state index in [0.29, 0.717) is 18.1 Å². The Morgan fingerprint density at radius 2 is 1.89 bits per heavy atom. The Hall–Kier alpha value is -2.12. The summed E-state index contributed by atoms with van der Waals surface area (Å²) in [5.41, 5.74) is 1.50. The van der Waals surface area contributed by atoms with Crippen LogP contribution >= 0.6 is 11.3 Å². The summed E-state index contributed by atoms with van der Waals surface area (Å²) in [6.07, 6.45) is 0.983. The van der Waals surface area contributed by atoms with Crippen molar-refractivity contribution < 1.29 is 4.39 Å². The molecule has 0 radical (unpaired) electrons. The lowest BCUT2D eigenvalue weighted by atomic mass is 9.98. The molecule has 0 N–H and O–H groups in total. The first kappa shape index (κ1) is 19.6. The number of aromatic nitrogens is 3. The standard InChI is InChI=1S/C20H25FN4OS/c1-5-10-24(12-14-6-8-15(21)9-7-14)13-16-11-17(26)25-19(22-16)27-18(23-25)20(2,3)4/h6-9,11H,5,10,12-13H2,1-4H3. The lowest BCUT2D eigenvalue weighted by molar-refractivity contribution is 0.254. The van der Waals surface area contributed by atoms with Gasteiger partial charge in [-0.3, -0.25) is 9.69 Å². The van der Waals surface area contributed by atoms with Gasteiger partial charge in [0.25, 0.3) is 5.56 Å². The highest BCUT2D eigenvalue weighted by Gasteiger charge is 2.21. The van der Waals surface area contributed by atoms with E-state index in [2.05, 4.69) is 42.7 Å². The van der Waals surface area contributed by atoms with Crippen LogP contribution < -0.4 is 5.56 Å². The number of nitrogens with zero attached hydrogens (tertiary/aromatic N) is 4. The normalized spacial score (nSPS) is 12.2. The molecule has 5 nitrogen and oxygen atoms in total. The fourth-order valence-corrected chi connectivity index (χ4v) is 3.83. The SMILES string of the molecule is CCCN(Cc1ccc(F)cc1)Cc1cc(=O)n2nc(C(C)(C)C)sc2n1. The Kier molecular flexibility index (Phi) is 5.72. The smallest absolute Gasteiger partial charge is 0.275 e. The Bertz CT molecular complexity index is 972. The minimum atomic E-state index is -0.235. The van der Waals surface area contributed by atoms with Crippen LogP contribution in [0.2, 0.25) is 0 Å². The summed E-state index contributed by atoms with van der Waals surface area (Å²) >= 11 is 1.46. The van der Waals surface area contributed by atoms with Crippen molar-refractivity contribution in [2.75, 3.05) is 6.54 Å². The molecule has 0 saturated carbocycles. The van der Waals surface area contributed by atoms with Crippen molar-refractivity contribution in [3.05, 3.63) is 62.8 Å². The number of fused-ring (bicyclic) bond motifs is 1. The van der Waals surface area contributed by atoms with Gasteiger partial charge in [0.1, 0.15) is 10.8 Å². The molecule has 0 bridgehead atoms. The summed E-state index contributed by atoms with van der Waals surface area (Å²) < 4.78 is 14.5. The highest BCUT2D eigenvalue weighted by molar-refractivity contribution is 7.16. The molecule has 0 fully saturated rings. The Morgan fingerprint density at radius 3 is 2.52 bits per heavy atom. The van der Waals surface area contributed by atoms with Crippen LogP contribution in [0.5, 0.6) is 0 Å². The molecule has 2 heterocycles. The summed E-state index contributed by atoms with van der Waals surface area (Å²) in [6.45, 7) is 10.5. The molecule has 144 valence electrons. The summed E-state index contributed by atoms with van der Waals surface area (Å²) in [6, 6.07) is 8.10. The summed E-state index contributed by atoms with van der Waals surface area (Å²) in [4.78, 5) is 20.0. The molecule has 27 heavy (non-hydrogen) atoms. The quantitative estimate of drug-likeness (QED) is 0.640. The maximum absolute atomic E-state index is 13.1. The van der Waals surface area contributed by atoms with Crippen LogP contribution in [-0.2, 0) is 18.5 Å². The highest BCUT2D eigenvalue weighted by atomic mass is 32.1. The number of hydrogen-bond donors (Lipinski definition) is 0. The van der Waals surface area contributed by atoms with Crippen LogP contribution in [0.3, 0.4) is 0 Å². The predicted molar refractivity (Wildman–Crippen MR) is 107 cm³/mol. The zero-order valence-electron chi connectivity index (χ0n) is 16.2. The van der Waals surface area contributed by atoms with E-state index >= 15 is 0 Å². The van der Waals surface area contributed by atoms with E-state index in [0.717, 1.165) is 29.2 Å². The zero-order valence-corrected chi connectivity index (χ0v) is 17.0. The van der Waals surface area contributed by atoms with Gasteiger partial charge in [0.05, 0.1) is 5.69 Å². The van der Waals surface area contributed by atoms with Gasteiger partial charge in [0.15, 0.2) is 0 Å². The minimum Gasteiger partial charge on any atom is -0.293 e. The predicted octanol–water partition coefficient (Wildman–Crippen LogP) is 4.00. The summed E-state index contributed by atoms with van der Waals surface area (Å²) in [7, 11) is 0. The maximum Gasteiger partial charge on any atom is 0.275 e. The van der Waals surface area contributed by atoms with E-state index in [1.807, 2.05) is 0 Å². The van der Waals surface area contributed by atoms with Crippen LogP contribution in [0, 0.1) is 5.82 Å². The van der Waals surface area contributed by atoms with E-state index < -0.39 is 0 Å². The van der Waals surface area contributed by atoms with Gasteiger partial charge in [-0.05, 0) is 30.7 Å². The van der Waals surface area contributed by atoms with Crippen LogP contribution in [0.25, 0.3) is 4.96 Å².